The second-order valence-corrected chi connectivity index (χ2v) is 12.5. The molecule has 11 heteroatoms. The second-order valence-electron chi connectivity index (χ2n) is 10.5. The van der Waals surface area contributed by atoms with Crippen LogP contribution in [0.3, 0.4) is 0 Å². The highest BCUT2D eigenvalue weighted by Gasteiger charge is 2.45. The molecule has 4 nitrogen and oxygen atoms in total. The quantitative estimate of drug-likeness (QED) is 0.236. The number of ether oxygens (including phenoxy) is 2. The summed E-state index contributed by atoms with van der Waals surface area (Å²) in [4.78, 5) is 0. The van der Waals surface area contributed by atoms with Crippen LogP contribution in [0.2, 0.25) is 0 Å². The summed E-state index contributed by atoms with van der Waals surface area (Å²) in [6.45, 7) is 8.45. The Morgan fingerprint density at radius 3 is 2.10 bits per heavy atom. The van der Waals surface area contributed by atoms with Gasteiger partial charge in [-0.1, -0.05) is 36.4 Å². The predicted molar refractivity (Wildman–Crippen MR) is 142 cm³/mol. The Labute approximate surface area is 232 Å². The van der Waals surface area contributed by atoms with Crippen LogP contribution in [0.1, 0.15) is 51.3 Å². The van der Waals surface area contributed by atoms with Gasteiger partial charge in [0.1, 0.15) is 11.6 Å². The van der Waals surface area contributed by atoms with Crippen LogP contribution in [0, 0.1) is 11.6 Å². The molecule has 3 rings (SSSR count). The maximum atomic E-state index is 15.3. The van der Waals surface area contributed by atoms with Crippen LogP contribution in [0.4, 0.5) is 26.3 Å². The average molecular weight is 588 g/mol. The fourth-order valence-corrected chi connectivity index (χ4v) is 4.85. The lowest BCUT2D eigenvalue weighted by molar-refractivity contribution is -0.253. The number of hydrogen-bond acceptors (Lipinski definition) is 3. The van der Waals surface area contributed by atoms with Crippen molar-refractivity contribution in [3.05, 3.63) is 95.1 Å². The van der Waals surface area contributed by atoms with E-state index in [-0.39, 0.29) is 29.4 Å². The molecule has 0 aromatic heterocycles. The van der Waals surface area contributed by atoms with Crippen LogP contribution in [-0.4, -0.2) is 27.6 Å². The van der Waals surface area contributed by atoms with E-state index in [1.54, 1.807) is 65.0 Å². The maximum absolute atomic E-state index is 15.3. The highest BCUT2D eigenvalue weighted by Crippen LogP contribution is 2.40. The Balaban J connectivity index is 2.33. The molecule has 0 fully saturated rings. The van der Waals surface area contributed by atoms with Gasteiger partial charge in [-0.05, 0) is 82.0 Å². The zero-order valence-corrected chi connectivity index (χ0v) is 23.4. The SMILES string of the molecule is CC(C)Oc1ccc(C(Cc2ccccc2)(N[S@](=O)C(C)(C)C)c2cc(F)cc(OC(F)(F)C(F)F)c2)cc1F. The van der Waals surface area contributed by atoms with Gasteiger partial charge in [-0.3, -0.25) is 0 Å². The molecular formula is C29H31F6NO3S. The normalized spacial score (nSPS) is 14.7. The molecule has 218 valence electrons. The van der Waals surface area contributed by atoms with Crippen molar-refractivity contribution in [1.82, 2.24) is 4.72 Å². The molecule has 40 heavy (non-hydrogen) atoms. The van der Waals surface area contributed by atoms with E-state index < -0.39 is 51.2 Å². The highest BCUT2D eigenvalue weighted by atomic mass is 32.2. The first kappa shape index (κ1) is 31.5. The summed E-state index contributed by atoms with van der Waals surface area (Å²) >= 11 is 0. The molecule has 0 radical (unpaired) electrons. The Morgan fingerprint density at radius 1 is 0.900 bits per heavy atom. The molecule has 3 aromatic rings. The van der Waals surface area contributed by atoms with Gasteiger partial charge in [-0.25, -0.2) is 17.7 Å². The van der Waals surface area contributed by atoms with Gasteiger partial charge in [0.25, 0.3) is 0 Å². The smallest absolute Gasteiger partial charge is 0.461 e. The van der Waals surface area contributed by atoms with E-state index in [2.05, 4.69) is 9.46 Å². The van der Waals surface area contributed by atoms with E-state index in [0.717, 1.165) is 18.2 Å². The molecule has 0 aliphatic heterocycles. The Hall–Kier alpha value is -3.05. The number of nitrogens with one attached hydrogen (secondary N) is 1. The summed E-state index contributed by atoms with van der Waals surface area (Å²) in [5.74, 6) is -2.81. The predicted octanol–water partition coefficient (Wildman–Crippen LogP) is 7.53. The van der Waals surface area contributed by atoms with Crippen LogP contribution in [0.25, 0.3) is 0 Å². The highest BCUT2D eigenvalue weighted by molar-refractivity contribution is 7.84. The fourth-order valence-electron chi connectivity index (χ4n) is 3.92. The van der Waals surface area contributed by atoms with Crippen molar-refractivity contribution in [2.24, 2.45) is 0 Å². The zero-order chi connectivity index (χ0) is 29.9. The topological polar surface area (TPSA) is 47.6 Å². The van der Waals surface area contributed by atoms with Gasteiger partial charge in [0.15, 0.2) is 11.6 Å². The van der Waals surface area contributed by atoms with Crippen LogP contribution < -0.4 is 14.2 Å². The molecule has 0 bridgehead atoms. The van der Waals surface area contributed by atoms with E-state index in [4.69, 9.17) is 4.74 Å². The first-order valence-corrected chi connectivity index (χ1v) is 13.5. The summed E-state index contributed by atoms with van der Waals surface area (Å²) in [5, 5.41) is 0. The Bertz CT molecular complexity index is 1330. The number of alkyl halides is 4. The van der Waals surface area contributed by atoms with Gasteiger partial charge in [0.05, 0.1) is 27.4 Å². The van der Waals surface area contributed by atoms with Crippen molar-refractivity contribution >= 4 is 11.0 Å². The minimum atomic E-state index is -4.91. The number of halogens is 6. The first-order valence-electron chi connectivity index (χ1n) is 12.4. The molecule has 0 aliphatic rings. The summed E-state index contributed by atoms with van der Waals surface area (Å²) in [7, 11) is -1.88. The molecule has 0 saturated carbocycles. The molecule has 0 spiro atoms. The maximum Gasteiger partial charge on any atom is 0.461 e. The lowest BCUT2D eigenvalue weighted by Gasteiger charge is -2.38. The second kappa shape index (κ2) is 12.2. The number of benzene rings is 3. The molecular weight excluding hydrogens is 556 g/mol. The molecule has 0 amide bonds. The van der Waals surface area contributed by atoms with Gasteiger partial charge in [0.2, 0.25) is 0 Å². The van der Waals surface area contributed by atoms with Crippen LogP contribution >= 0.6 is 0 Å². The van der Waals surface area contributed by atoms with E-state index in [1.807, 2.05) is 0 Å². The van der Waals surface area contributed by atoms with E-state index in [1.165, 1.54) is 12.1 Å². The van der Waals surface area contributed by atoms with Gasteiger partial charge in [-0.15, -0.1) is 0 Å². The number of rotatable bonds is 11. The lowest BCUT2D eigenvalue weighted by Crippen LogP contribution is -2.50. The molecule has 0 saturated heterocycles. The third-order valence-electron chi connectivity index (χ3n) is 5.79. The van der Waals surface area contributed by atoms with Crippen LogP contribution in [-0.2, 0) is 22.9 Å². The monoisotopic (exact) mass is 587 g/mol. The van der Waals surface area contributed by atoms with Gasteiger partial charge in [0, 0.05) is 6.07 Å². The van der Waals surface area contributed by atoms with Gasteiger partial charge in [-0.2, -0.15) is 17.6 Å². The van der Waals surface area contributed by atoms with Crippen LogP contribution in [0.5, 0.6) is 11.5 Å². The summed E-state index contributed by atoms with van der Waals surface area (Å²) in [5.41, 5.74) is -1.03. The van der Waals surface area contributed by atoms with Crippen molar-refractivity contribution in [2.45, 2.75) is 70.0 Å². The van der Waals surface area contributed by atoms with E-state index in [0.29, 0.717) is 11.6 Å². The van der Waals surface area contributed by atoms with E-state index in [9.17, 15) is 26.2 Å². The van der Waals surface area contributed by atoms with Crippen molar-refractivity contribution in [1.29, 1.82) is 0 Å². The summed E-state index contributed by atoms with van der Waals surface area (Å²) in [6, 6.07) is 15.1. The third kappa shape index (κ3) is 7.57. The molecule has 1 unspecified atom stereocenters. The van der Waals surface area contributed by atoms with Gasteiger partial charge < -0.3 is 9.47 Å². The van der Waals surface area contributed by atoms with Crippen LogP contribution in [0.15, 0.2) is 66.7 Å². The Kier molecular flexibility index (Phi) is 9.62. The third-order valence-corrected chi connectivity index (χ3v) is 7.44. The largest absolute Gasteiger partial charge is 0.488 e. The Morgan fingerprint density at radius 2 is 1.55 bits per heavy atom. The van der Waals surface area contributed by atoms with E-state index >= 15 is 4.39 Å². The van der Waals surface area contributed by atoms with Crippen molar-refractivity contribution < 1.29 is 40.0 Å². The first-order chi connectivity index (χ1) is 18.5. The fraction of sp³-hybridized carbons (Fsp3) is 0.379. The molecule has 1 N–H and O–H groups in total. The minimum Gasteiger partial charge on any atom is -0.488 e. The summed E-state index contributed by atoms with van der Waals surface area (Å²) < 4.78 is 109. The molecule has 3 aromatic carbocycles. The van der Waals surface area contributed by atoms with Gasteiger partial charge >= 0.3 is 12.5 Å². The lowest BCUT2D eigenvalue weighted by atomic mass is 9.78. The standard InChI is InChI=1S/C29H31F6NO3S/c1-18(2)38-25-12-11-20(15-24(25)31)28(36-40(37)27(3,4)5,17-19-9-7-6-8-10-19)21-13-22(30)16-23(14-21)39-29(34,35)26(32)33/h6-16,18,26,36H,17H2,1-5H3/t28?,40-/m1/s1. The molecule has 2 atom stereocenters. The molecule has 0 heterocycles. The van der Waals surface area contributed by atoms with Crippen molar-refractivity contribution in [3.63, 3.8) is 0 Å². The average Bonchev–Trinajstić information content (AvgIpc) is 2.83. The molecule has 0 aliphatic carbocycles. The zero-order valence-electron chi connectivity index (χ0n) is 22.6. The van der Waals surface area contributed by atoms with Crippen molar-refractivity contribution in [3.8, 4) is 11.5 Å². The minimum absolute atomic E-state index is 0.0619. The van der Waals surface area contributed by atoms with Crippen molar-refractivity contribution in [2.75, 3.05) is 0 Å². The summed E-state index contributed by atoms with van der Waals surface area (Å²) in [6.07, 6.45) is -9.49. The number of hydrogen-bond donors (Lipinski definition) is 1.